The molecule has 1 amide bonds. The smallest absolute Gasteiger partial charge is 0.256 e. The van der Waals surface area contributed by atoms with E-state index in [0.717, 1.165) is 67.9 Å². The van der Waals surface area contributed by atoms with Crippen LogP contribution in [0.3, 0.4) is 0 Å². The topological polar surface area (TPSA) is 126 Å². The van der Waals surface area contributed by atoms with E-state index in [9.17, 15) is 13.2 Å². The number of rotatable bonds is 6. The summed E-state index contributed by atoms with van der Waals surface area (Å²) in [4.78, 5) is 31.8. The molecule has 2 atom stereocenters. The zero-order valence-corrected chi connectivity index (χ0v) is 24.4. The van der Waals surface area contributed by atoms with E-state index in [-0.39, 0.29) is 29.1 Å². The van der Waals surface area contributed by atoms with E-state index in [1.165, 1.54) is 12.1 Å². The number of halogens is 1. The van der Waals surface area contributed by atoms with Crippen molar-refractivity contribution in [3.63, 3.8) is 0 Å². The molecular weight excluding hydrogens is 564 g/mol. The number of hydrogen-bond acceptors (Lipinski definition) is 8. The monoisotopic (exact) mass is 594 g/mol. The Hall–Kier alpha value is -3.77. The Balaban J connectivity index is 1.29. The highest BCUT2D eigenvalue weighted by Crippen LogP contribution is 2.35. The molecule has 0 aliphatic carbocycles. The number of fused-ring (bicyclic) bond motifs is 1. The number of carbonyl (C=O) groups is 1. The summed E-state index contributed by atoms with van der Waals surface area (Å²) in [6.45, 7) is 4.21. The van der Waals surface area contributed by atoms with Crippen molar-refractivity contribution in [1.29, 1.82) is 0 Å². The lowest BCUT2D eigenvalue weighted by Crippen LogP contribution is -2.39. The van der Waals surface area contributed by atoms with E-state index in [4.69, 9.17) is 21.7 Å². The number of likely N-dealkylation sites (tertiary alicyclic amines) is 1. The number of nitrogens with one attached hydrogen (secondary N) is 1. The molecule has 5 heterocycles. The lowest BCUT2D eigenvalue weighted by Gasteiger charge is -2.35. The molecule has 2 aliphatic rings. The number of anilines is 2. The molecule has 3 aromatic heterocycles. The second-order valence-electron chi connectivity index (χ2n) is 10.7. The zero-order chi connectivity index (χ0) is 28.7. The number of aryl methyl sites for hydroxylation is 1. The molecule has 6 rings (SSSR count). The molecular formula is C28H31ClN8O3S. The number of aromatic nitrogens is 5. The molecule has 2 fully saturated rings. The van der Waals surface area contributed by atoms with Crippen molar-refractivity contribution in [2.45, 2.75) is 44.6 Å². The van der Waals surface area contributed by atoms with Crippen LogP contribution in [0.5, 0.6) is 0 Å². The molecule has 0 radical (unpaired) electrons. The predicted molar refractivity (Wildman–Crippen MR) is 157 cm³/mol. The van der Waals surface area contributed by atoms with E-state index in [1.54, 1.807) is 27.9 Å². The van der Waals surface area contributed by atoms with Crippen LogP contribution in [0.2, 0.25) is 5.02 Å². The normalized spacial score (nSPS) is 19.6. The Morgan fingerprint density at radius 1 is 1.10 bits per heavy atom. The largest absolute Gasteiger partial charge is 0.356 e. The maximum atomic E-state index is 13.9. The number of piperidine rings is 1. The molecule has 13 heteroatoms. The number of benzene rings is 1. The molecule has 1 N–H and O–H groups in total. The van der Waals surface area contributed by atoms with Crippen LogP contribution in [0.4, 0.5) is 11.5 Å². The van der Waals surface area contributed by atoms with Gasteiger partial charge >= 0.3 is 0 Å². The van der Waals surface area contributed by atoms with Crippen molar-refractivity contribution < 1.29 is 13.2 Å². The quantitative estimate of drug-likeness (QED) is 0.352. The number of hydrogen-bond donors (Lipinski definition) is 1. The first-order valence-electron chi connectivity index (χ1n) is 13.6. The first-order valence-corrected chi connectivity index (χ1v) is 15.9. The maximum Gasteiger partial charge on any atom is 0.256 e. The van der Waals surface area contributed by atoms with Crippen LogP contribution in [0.15, 0.2) is 48.9 Å². The van der Waals surface area contributed by atoms with Gasteiger partial charge in [-0.05, 0) is 56.9 Å². The van der Waals surface area contributed by atoms with Gasteiger partial charge in [0.15, 0.2) is 5.65 Å². The van der Waals surface area contributed by atoms with Crippen LogP contribution in [0.25, 0.3) is 5.65 Å². The van der Waals surface area contributed by atoms with Gasteiger partial charge in [-0.15, -0.1) is 0 Å². The van der Waals surface area contributed by atoms with E-state index in [2.05, 4.69) is 19.6 Å². The first-order chi connectivity index (χ1) is 19.7. The Labute approximate surface area is 243 Å². The molecule has 214 valence electrons. The van der Waals surface area contributed by atoms with Crippen LogP contribution in [-0.4, -0.2) is 69.7 Å². The molecule has 0 saturated carbocycles. The fourth-order valence-corrected chi connectivity index (χ4v) is 6.56. The van der Waals surface area contributed by atoms with Crippen LogP contribution in [0, 0.1) is 6.92 Å². The van der Waals surface area contributed by atoms with Crippen molar-refractivity contribution in [3.8, 4) is 0 Å². The molecule has 0 spiro atoms. The number of sulfonamides is 1. The summed E-state index contributed by atoms with van der Waals surface area (Å²) in [6.07, 6.45) is 10.1. The summed E-state index contributed by atoms with van der Waals surface area (Å²) >= 11 is 6.22. The lowest BCUT2D eigenvalue weighted by atomic mass is 9.98. The number of amides is 1. The van der Waals surface area contributed by atoms with Gasteiger partial charge in [0.05, 0.1) is 29.2 Å². The number of nitrogens with zero attached hydrogens (tertiary/aromatic N) is 7. The van der Waals surface area contributed by atoms with E-state index in [1.807, 2.05) is 25.3 Å². The Bertz CT molecular complexity index is 1710. The zero-order valence-electron chi connectivity index (χ0n) is 22.9. The van der Waals surface area contributed by atoms with Crippen LogP contribution in [-0.2, 0) is 10.0 Å². The third-order valence-corrected chi connectivity index (χ3v) is 8.50. The van der Waals surface area contributed by atoms with Gasteiger partial charge in [0, 0.05) is 60.8 Å². The average molecular weight is 595 g/mol. The molecule has 41 heavy (non-hydrogen) atoms. The predicted octanol–water partition coefficient (Wildman–Crippen LogP) is 4.21. The van der Waals surface area contributed by atoms with E-state index < -0.39 is 10.0 Å². The van der Waals surface area contributed by atoms with Crippen LogP contribution >= 0.6 is 11.6 Å². The van der Waals surface area contributed by atoms with Gasteiger partial charge in [-0.3, -0.25) is 9.52 Å². The minimum absolute atomic E-state index is 0.202. The van der Waals surface area contributed by atoms with Gasteiger partial charge in [-0.1, -0.05) is 11.6 Å². The van der Waals surface area contributed by atoms with Crippen molar-refractivity contribution >= 4 is 44.7 Å². The number of carbonyl (C=O) groups excluding carboxylic acids is 1. The summed E-state index contributed by atoms with van der Waals surface area (Å²) in [5.41, 5.74) is 2.88. The Morgan fingerprint density at radius 3 is 2.68 bits per heavy atom. The minimum Gasteiger partial charge on any atom is -0.356 e. The van der Waals surface area contributed by atoms with Crippen molar-refractivity contribution in [1.82, 2.24) is 29.5 Å². The third-order valence-electron chi connectivity index (χ3n) is 7.68. The molecule has 1 aromatic carbocycles. The fourth-order valence-electron chi connectivity index (χ4n) is 5.81. The standard InChI is InChI=1S/C28H31ClN8O3S/c1-18-16-37-25(32-27(18)35-13-9-19(17-35)26-30-10-5-11-31-26)15-23(33-37)24-6-3-4-12-36(24)28(38)21-14-20(29)7-8-22(21)34-41(2,39)40/h5,7-8,10-11,14-16,19,24,34H,3-4,6,9,12-13,17H2,1-2H3. The molecule has 4 aromatic rings. The summed E-state index contributed by atoms with van der Waals surface area (Å²) in [7, 11) is -3.59. The van der Waals surface area contributed by atoms with Gasteiger partial charge in [0.25, 0.3) is 5.91 Å². The van der Waals surface area contributed by atoms with Crippen molar-refractivity contribution in [2.75, 3.05) is 35.5 Å². The second kappa shape index (κ2) is 10.9. The van der Waals surface area contributed by atoms with Crippen molar-refractivity contribution in [2.24, 2.45) is 0 Å². The van der Waals surface area contributed by atoms with Gasteiger partial charge in [-0.25, -0.2) is 27.9 Å². The van der Waals surface area contributed by atoms with Crippen LogP contribution in [0.1, 0.15) is 65.1 Å². The highest BCUT2D eigenvalue weighted by atomic mass is 35.5. The first kappa shape index (κ1) is 27.4. The lowest BCUT2D eigenvalue weighted by molar-refractivity contribution is 0.0607. The summed E-state index contributed by atoms with van der Waals surface area (Å²) in [5.74, 6) is 1.73. The minimum atomic E-state index is -3.59. The summed E-state index contributed by atoms with van der Waals surface area (Å²) < 4.78 is 28.2. The average Bonchev–Trinajstić information content (AvgIpc) is 3.60. The Kier molecular flexibility index (Phi) is 7.28. The Morgan fingerprint density at radius 2 is 1.90 bits per heavy atom. The van der Waals surface area contributed by atoms with Gasteiger partial charge in [-0.2, -0.15) is 5.10 Å². The third kappa shape index (κ3) is 5.71. The van der Waals surface area contributed by atoms with Gasteiger partial charge in [0.1, 0.15) is 11.6 Å². The van der Waals surface area contributed by atoms with E-state index in [0.29, 0.717) is 17.2 Å². The van der Waals surface area contributed by atoms with Gasteiger partial charge in [0.2, 0.25) is 10.0 Å². The van der Waals surface area contributed by atoms with Gasteiger partial charge < -0.3 is 9.80 Å². The maximum absolute atomic E-state index is 13.9. The fraction of sp³-hybridized carbons (Fsp3) is 0.393. The summed E-state index contributed by atoms with van der Waals surface area (Å²) in [5, 5.41) is 5.19. The molecule has 2 aliphatic heterocycles. The molecule has 2 unspecified atom stereocenters. The second-order valence-corrected chi connectivity index (χ2v) is 12.9. The highest BCUT2D eigenvalue weighted by Gasteiger charge is 2.33. The van der Waals surface area contributed by atoms with Crippen LogP contribution < -0.4 is 9.62 Å². The molecule has 11 nitrogen and oxygen atoms in total. The highest BCUT2D eigenvalue weighted by molar-refractivity contribution is 7.92. The summed E-state index contributed by atoms with van der Waals surface area (Å²) in [6, 6.07) is 8.07. The molecule has 0 bridgehead atoms. The van der Waals surface area contributed by atoms with E-state index >= 15 is 0 Å². The van der Waals surface area contributed by atoms with Crippen molar-refractivity contribution in [3.05, 3.63) is 76.6 Å². The SMILES string of the molecule is Cc1cn2nc(C3CCCCN3C(=O)c3cc(Cl)ccc3NS(C)(=O)=O)cc2nc1N1CCC(c2ncccn2)C1. The molecule has 2 saturated heterocycles.